The van der Waals surface area contributed by atoms with Crippen LogP contribution < -0.4 is 5.32 Å². The summed E-state index contributed by atoms with van der Waals surface area (Å²) in [6.07, 6.45) is 0.394. The SMILES string of the molecule is Cc1cc(C)nc(-n2nc(C)c3c2NC(=O)C[C@H]3c2ccc3ccccc3c2)n1. The summed E-state index contributed by atoms with van der Waals surface area (Å²) in [5.41, 5.74) is 4.75. The molecule has 1 aliphatic heterocycles. The summed E-state index contributed by atoms with van der Waals surface area (Å²) in [6.45, 7) is 5.83. The van der Waals surface area contributed by atoms with Crippen molar-refractivity contribution in [3.8, 4) is 5.95 Å². The third-order valence-corrected chi connectivity index (χ3v) is 5.44. The van der Waals surface area contributed by atoms with Crippen molar-refractivity contribution in [2.24, 2.45) is 0 Å². The smallest absolute Gasteiger partial charge is 0.252 e. The van der Waals surface area contributed by atoms with Gasteiger partial charge in [0.05, 0.1) is 5.69 Å². The summed E-state index contributed by atoms with van der Waals surface area (Å²) in [7, 11) is 0. The maximum atomic E-state index is 12.6. The molecular weight excluding hydrogens is 362 g/mol. The number of hydrogen-bond donors (Lipinski definition) is 1. The molecule has 2 aromatic carbocycles. The molecule has 144 valence electrons. The molecule has 2 aromatic heterocycles. The largest absolute Gasteiger partial charge is 0.310 e. The minimum atomic E-state index is -0.0528. The number of hydrogen-bond acceptors (Lipinski definition) is 4. The Bertz CT molecular complexity index is 1250. The molecule has 5 rings (SSSR count). The predicted molar refractivity (Wildman–Crippen MR) is 112 cm³/mol. The lowest BCUT2D eigenvalue weighted by Crippen LogP contribution is -2.25. The zero-order chi connectivity index (χ0) is 20.1. The quantitative estimate of drug-likeness (QED) is 0.563. The average molecular weight is 383 g/mol. The molecule has 0 fully saturated rings. The molecule has 3 heterocycles. The van der Waals surface area contributed by atoms with Crippen LogP contribution in [0.15, 0.2) is 48.5 Å². The molecule has 1 N–H and O–H groups in total. The number of rotatable bonds is 2. The van der Waals surface area contributed by atoms with Gasteiger partial charge in [-0.25, -0.2) is 9.97 Å². The van der Waals surface area contributed by atoms with Crippen LogP contribution in [-0.2, 0) is 4.79 Å². The normalized spacial score (nSPS) is 16.0. The minimum Gasteiger partial charge on any atom is -0.310 e. The van der Waals surface area contributed by atoms with Crippen molar-refractivity contribution in [2.75, 3.05) is 5.32 Å². The summed E-state index contributed by atoms with van der Waals surface area (Å²) < 4.78 is 1.66. The van der Waals surface area contributed by atoms with Crippen LogP contribution >= 0.6 is 0 Å². The van der Waals surface area contributed by atoms with Gasteiger partial charge >= 0.3 is 0 Å². The number of amides is 1. The number of aryl methyl sites for hydroxylation is 3. The maximum Gasteiger partial charge on any atom is 0.252 e. The van der Waals surface area contributed by atoms with Crippen LogP contribution in [0.1, 0.15) is 40.5 Å². The highest BCUT2D eigenvalue weighted by Gasteiger charge is 2.33. The Kier molecular flexibility index (Phi) is 3.94. The van der Waals surface area contributed by atoms with Crippen LogP contribution in [0.3, 0.4) is 0 Å². The fraction of sp³-hybridized carbons (Fsp3) is 0.217. The van der Waals surface area contributed by atoms with Crippen molar-refractivity contribution in [3.05, 3.63) is 76.7 Å². The van der Waals surface area contributed by atoms with Crippen LogP contribution in [0.2, 0.25) is 0 Å². The van der Waals surface area contributed by atoms with Gasteiger partial charge in [0.15, 0.2) is 0 Å². The van der Waals surface area contributed by atoms with E-state index in [1.54, 1.807) is 4.68 Å². The lowest BCUT2D eigenvalue weighted by molar-refractivity contribution is -0.116. The molecule has 0 aliphatic carbocycles. The Hall–Kier alpha value is -3.54. The van der Waals surface area contributed by atoms with Crippen LogP contribution in [0.25, 0.3) is 16.7 Å². The highest BCUT2D eigenvalue weighted by Crippen LogP contribution is 2.40. The number of aromatic nitrogens is 4. The molecule has 6 heteroatoms. The molecular formula is C23H21N5O. The van der Waals surface area contributed by atoms with E-state index < -0.39 is 0 Å². The van der Waals surface area contributed by atoms with Gasteiger partial charge in [0.1, 0.15) is 5.82 Å². The van der Waals surface area contributed by atoms with Crippen molar-refractivity contribution < 1.29 is 4.79 Å². The highest BCUT2D eigenvalue weighted by atomic mass is 16.1. The molecule has 0 saturated carbocycles. The van der Waals surface area contributed by atoms with E-state index in [0.717, 1.165) is 28.2 Å². The van der Waals surface area contributed by atoms with E-state index in [0.29, 0.717) is 18.2 Å². The Balaban J connectivity index is 1.68. The monoisotopic (exact) mass is 383 g/mol. The minimum absolute atomic E-state index is 0.0267. The summed E-state index contributed by atoms with van der Waals surface area (Å²) in [5, 5.41) is 10.1. The molecule has 0 bridgehead atoms. The molecule has 4 aromatic rings. The van der Waals surface area contributed by atoms with E-state index in [9.17, 15) is 4.79 Å². The number of nitrogens with one attached hydrogen (secondary N) is 1. The molecule has 1 atom stereocenters. The van der Waals surface area contributed by atoms with E-state index >= 15 is 0 Å². The van der Waals surface area contributed by atoms with Crippen molar-refractivity contribution in [3.63, 3.8) is 0 Å². The van der Waals surface area contributed by atoms with E-state index in [1.807, 2.05) is 39.0 Å². The molecule has 0 saturated heterocycles. The second-order valence-corrected chi connectivity index (χ2v) is 7.62. The first-order chi connectivity index (χ1) is 14.0. The number of nitrogens with zero attached hydrogens (tertiary/aromatic N) is 4. The lowest BCUT2D eigenvalue weighted by atomic mass is 9.85. The third-order valence-electron chi connectivity index (χ3n) is 5.44. The first kappa shape index (κ1) is 17.6. The van der Waals surface area contributed by atoms with Gasteiger partial charge in [0, 0.05) is 29.3 Å². The van der Waals surface area contributed by atoms with Crippen molar-refractivity contribution in [1.82, 2.24) is 19.7 Å². The van der Waals surface area contributed by atoms with E-state index in [4.69, 9.17) is 5.10 Å². The van der Waals surface area contributed by atoms with Gasteiger partial charge in [0.25, 0.3) is 5.95 Å². The Morgan fingerprint density at radius 3 is 2.45 bits per heavy atom. The average Bonchev–Trinajstić information content (AvgIpc) is 3.02. The number of anilines is 1. The Morgan fingerprint density at radius 2 is 1.69 bits per heavy atom. The maximum absolute atomic E-state index is 12.6. The standard InChI is InChI=1S/C23H21N5O/c1-13-10-14(2)25-23(24-13)28-22-21(15(3)27-28)19(12-20(29)26-22)18-9-8-16-6-4-5-7-17(16)11-18/h4-11,19H,12H2,1-3H3,(H,26,29)/t19-/m0/s1. The molecule has 29 heavy (non-hydrogen) atoms. The van der Waals surface area contributed by atoms with Gasteiger partial charge in [-0.2, -0.15) is 9.78 Å². The Morgan fingerprint density at radius 1 is 0.966 bits per heavy atom. The van der Waals surface area contributed by atoms with E-state index in [2.05, 4.69) is 45.6 Å². The summed E-state index contributed by atoms with van der Waals surface area (Å²) in [6, 6.07) is 16.6. The first-order valence-corrected chi connectivity index (χ1v) is 9.70. The van der Waals surface area contributed by atoms with Gasteiger partial charge in [-0.3, -0.25) is 4.79 Å². The van der Waals surface area contributed by atoms with Gasteiger partial charge in [-0.15, -0.1) is 0 Å². The molecule has 0 unspecified atom stereocenters. The number of carbonyl (C=O) groups excluding carboxylic acids is 1. The lowest BCUT2D eigenvalue weighted by Gasteiger charge is -2.24. The van der Waals surface area contributed by atoms with E-state index in [1.165, 1.54) is 10.8 Å². The predicted octanol–water partition coefficient (Wildman–Crippen LogP) is 4.21. The molecule has 1 amide bonds. The number of carbonyl (C=O) groups is 1. The van der Waals surface area contributed by atoms with Crippen LogP contribution in [0, 0.1) is 20.8 Å². The second kappa shape index (κ2) is 6.51. The number of fused-ring (bicyclic) bond motifs is 2. The van der Waals surface area contributed by atoms with Crippen LogP contribution in [0.5, 0.6) is 0 Å². The topological polar surface area (TPSA) is 72.7 Å². The third kappa shape index (κ3) is 2.97. The molecule has 6 nitrogen and oxygen atoms in total. The number of benzene rings is 2. The fourth-order valence-corrected chi connectivity index (χ4v) is 4.20. The highest BCUT2D eigenvalue weighted by molar-refractivity contribution is 5.95. The van der Waals surface area contributed by atoms with Crippen molar-refractivity contribution >= 4 is 22.5 Å². The molecule has 0 radical (unpaired) electrons. The molecule has 0 spiro atoms. The van der Waals surface area contributed by atoms with Crippen LogP contribution in [-0.4, -0.2) is 25.7 Å². The second-order valence-electron chi connectivity index (χ2n) is 7.62. The summed E-state index contributed by atoms with van der Waals surface area (Å²) >= 11 is 0. The van der Waals surface area contributed by atoms with Crippen molar-refractivity contribution in [2.45, 2.75) is 33.1 Å². The van der Waals surface area contributed by atoms with Gasteiger partial charge in [0.2, 0.25) is 5.91 Å². The van der Waals surface area contributed by atoms with E-state index in [-0.39, 0.29) is 11.8 Å². The zero-order valence-corrected chi connectivity index (χ0v) is 16.6. The summed E-state index contributed by atoms with van der Waals surface area (Å²) in [5.74, 6) is 1.07. The fourth-order valence-electron chi connectivity index (χ4n) is 4.20. The van der Waals surface area contributed by atoms with Gasteiger partial charge < -0.3 is 5.32 Å². The van der Waals surface area contributed by atoms with Crippen molar-refractivity contribution in [1.29, 1.82) is 0 Å². The summed E-state index contributed by atoms with van der Waals surface area (Å²) in [4.78, 5) is 21.7. The zero-order valence-electron chi connectivity index (χ0n) is 16.6. The Labute approximate surface area is 168 Å². The van der Waals surface area contributed by atoms with Crippen LogP contribution in [0.4, 0.5) is 5.82 Å². The first-order valence-electron chi connectivity index (χ1n) is 9.70. The van der Waals surface area contributed by atoms with Gasteiger partial charge in [-0.1, -0.05) is 42.5 Å². The van der Waals surface area contributed by atoms with Gasteiger partial charge in [-0.05, 0) is 43.2 Å². The molecule has 1 aliphatic rings.